The maximum atomic E-state index is 11.9. The highest BCUT2D eigenvalue weighted by atomic mass is 32.2. The molecule has 0 aromatic carbocycles. The molecule has 0 aromatic rings. The highest BCUT2D eigenvalue weighted by Crippen LogP contribution is 2.19. The van der Waals surface area contributed by atoms with Crippen molar-refractivity contribution in [1.82, 2.24) is 4.90 Å². The number of hydrogen-bond donors (Lipinski definition) is 1. The van der Waals surface area contributed by atoms with E-state index in [1.165, 1.54) is 0 Å². The summed E-state index contributed by atoms with van der Waals surface area (Å²) in [6.45, 7) is 7.78. The molecule has 1 aliphatic rings. The van der Waals surface area contributed by atoms with Crippen LogP contribution >= 0.6 is 11.8 Å². The van der Waals surface area contributed by atoms with Gasteiger partial charge in [-0.15, -0.1) is 11.8 Å². The number of amides is 1. The van der Waals surface area contributed by atoms with E-state index < -0.39 is 0 Å². The van der Waals surface area contributed by atoms with Crippen LogP contribution < -0.4 is 0 Å². The molecule has 1 amide bonds. The summed E-state index contributed by atoms with van der Waals surface area (Å²) in [5.74, 6) is 1.48. The van der Waals surface area contributed by atoms with Gasteiger partial charge < -0.3 is 10.0 Å². The lowest BCUT2D eigenvalue weighted by Gasteiger charge is -2.30. The molecule has 3 nitrogen and oxygen atoms in total. The Balaban J connectivity index is 2.25. The molecule has 0 spiro atoms. The van der Waals surface area contributed by atoms with Crippen molar-refractivity contribution in [2.45, 2.75) is 45.0 Å². The Morgan fingerprint density at radius 3 is 2.50 bits per heavy atom. The third-order valence-electron chi connectivity index (χ3n) is 3.29. The molecule has 94 valence electrons. The second-order valence-corrected chi connectivity index (χ2v) is 6.19. The topological polar surface area (TPSA) is 40.5 Å². The monoisotopic (exact) mass is 245 g/mol. The van der Waals surface area contributed by atoms with E-state index >= 15 is 0 Å². The summed E-state index contributed by atoms with van der Waals surface area (Å²) in [6.07, 6.45) is 1.91. The van der Waals surface area contributed by atoms with E-state index in [4.69, 9.17) is 0 Å². The van der Waals surface area contributed by atoms with Crippen molar-refractivity contribution in [2.24, 2.45) is 5.92 Å². The predicted octanol–water partition coefficient (Wildman–Crippen LogP) is 1.75. The van der Waals surface area contributed by atoms with Gasteiger partial charge in [0, 0.05) is 18.3 Å². The fraction of sp³-hybridized carbons (Fsp3) is 0.917. The van der Waals surface area contributed by atoms with Gasteiger partial charge in [0.1, 0.15) is 0 Å². The third-order valence-corrected chi connectivity index (χ3v) is 4.62. The molecule has 1 N–H and O–H groups in total. The molecular weight excluding hydrogens is 222 g/mol. The molecule has 1 saturated heterocycles. The second-order valence-electron chi connectivity index (χ2n) is 4.82. The van der Waals surface area contributed by atoms with E-state index in [1.54, 1.807) is 18.7 Å². The van der Waals surface area contributed by atoms with Crippen LogP contribution in [0.4, 0.5) is 0 Å². The summed E-state index contributed by atoms with van der Waals surface area (Å²) in [6, 6.07) is 0. The van der Waals surface area contributed by atoms with Crippen LogP contribution in [0.3, 0.4) is 0 Å². The first-order valence-electron chi connectivity index (χ1n) is 6.08. The number of aliphatic hydroxyl groups excluding tert-OH is 1. The molecular formula is C12H23NO2S. The van der Waals surface area contributed by atoms with Gasteiger partial charge in [-0.25, -0.2) is 0 Å². The van der Waals surface area contributed by atoms with Crippen LogP contribution in [0.5, 0.6) is 0 Å². The lowest BCUT2D eigenvalue weighted by atomic mass is 9.99. The fourth-order valence-electron chi connectivity index (χ4n) is 1.69. The first kappa shape index (κ1) is 13.8. The summed E-state index contributed by atoms with van der Waals surface area (Å²) in [5, 5.41) is 9.47. The average molecular weight is 245 g/mol. The lowest BCUT2D eigenvalue weighted by molar-refractivity contribution is -0.129. The van der Waals surface area contributed by atoms with Crippen LogP contribution in [-0.2, 0) is 4.79 Å². The Morgan fingerprint density at radius 1 is 1.44 bits per heavy atom. The minimum Gasteiger partial charge on any atom is -0.392 e. The quantitative estimate of drug-likeness (QED) is 0.820. The van der Waals surface area contributed by atoms with E-state index in [0.29, 0.717) is 5.75 Å². The van der Waals surface area contributed by atoms with Crippen LogP contribution in [0.25, 0.3) is 0 Å². The van der Waals surface area contributed by atoms with Crippen LogP contribution in [0.2, 0.25) is 0 Å². The van der Waals surface area contributed by atoms with Crippen LogP contribution in [0.1, 0.15) is 33.6 Å². The van der Waals surface area contributed by atoms with E-state index in [1.807, 2.05) is 11.8 Å². The summed E-state index contributed by atoms with van der Waals surface area (Å²) in [5.41, 5.74) is 0. The second kappa shape index (κ2) is 6.50. The van der Waals surface area contributed by atoms with Crippen molar-refractivity contribution < 1.29 is 9.90 Å². The number of aliphatic hydroxyl groups is 1. The van der Waals surface area contributed by atoms with Gasteiger partial charge in [0.05, 0.1) is 11.9 Å². The molecule has 0 saturated carbocycles. The zero-order valence-electron chi connectivity index (χ0n) is 10.5. The van der Waals surface area contributed by atoms with Gasteiger partial charge in [-0.3, -0.25) is 4.79 Å². The number of hydrogen-bond acceptors (Lipinski definition) is 3. The molecule has 16 heavy (non-hydrogen) atoms. The Bertz CT molecular complexity index is 225. The molecule has 0 aromatic heterocycles. The molecule has 4 heteroatoms. The van der Waals surface area contributed by atoms with E-state index in [0.717, 1.165) is 31.8 Å². The molecule has 2 unspecified atom stereocenters. The molecule has 0 aliphatic carbocycles. The van der Waals surface area contributed by atoms with Crippen LogP contribution in [-0.4, -0.2) is 46.1 Å². The minimum absolute atomic E-state index is 0.132. The predicted molar refractivity (Wildman–Crippen MR) is 68.6 cm³/mol. The van der Waals surface area contributed by atoms with Crippen molar-refractivity contribution >= 4 is 17.7 Å². The van der Waals surface area contributed by atoms with Gasteiger partial charge in [0.15, 0.2) is 0 Å². The molecule has 1 rings (SSSR count). The number of nitrogens with zero attached hydrogens (tertiary/aromatic N) is 1. The maximum absolute atomic E-state index is 11.9. The van der Waals surface area contributed by atoms with Crippen LogP contribution in [0.15, 0.2) is 0 Å². The van der Waals surface area contributed by atoms with Crippen molar-refractivity contribution in [1.29, 1.82) is 0 Å². The molecule has 1 fully saturated rings. The summed E-state index contributed by atoms with van der Waals surface area (Å²) >= 11 is 1.55. The van der Waals surface area contributed by atoms with Gasteiger partial charge >= 0.3 is 0 Å². The zero-order chi connectivity index (χ0) is 12.1. The number of carbonyl (C=O) groups excluding carboxylic acids is 1. The Hall–Kier alpha value is -0.220. The number of thioether (sulfide) groups is 1. The number of carbonyl (C=O) groups is 1. The number of likely N-dealkylation sites (tertiary alicyclic amines) is 1. The fourth-order valence-corrected chi connectivity index (χ4v) is 2.56. The van der Waals surface area contributed by atoms with Crippen molar-refractivity contribution in [3.8, 4) is 0 Å². The summed E-state index contributed by atoms with van der Waals surface area (Å²) in [7, 11) is 0. The number of rotatable bonds is 4. The van der Waals surface area contributed by atoms with Crippen molar-refractivity contribution in [3.05, 3.63) is 0 Å². The average Bonchev–Trinajstić information content (AvgIpc) is 2.26. The zero-order valence-corrected chi connectivity index (χ0v) is 11.3. The molecule has 1 heterocycles. The first-order chi connectivity index (χ1) is 7.50. The van der Waals surface area contributed by atoms with E-state index in [9.17, 15) is 9.90 Å². The maximum Gasteiger partial charge on any atom is 0.232 e. The smallest absolute Gasteiger partial charge is 0.232 e. The minimum atomic E-state index is -0.348. The van der Waals surface area contributed by atoms with Crippen LogP contribution in [0, 0.1) is 5.92 Å². The highest BCUT2D eigenvalue weighted by Gasteiger charge is 2.21. The first-order valence-corrected chi connectivity index (χ1v) is 7.13. The Labute approximate surface area is 103 Å². The van der Waals surface area contributed by atoms with Gasteiger partial charge in [0.25, 0.3) is 0 Å². The van der Waals surface area contributed by atoms with Crippen molar-refractivity contribution in [2.75, 3.05) is 18.8 Å². The van der Waals surface area contributed by atoms with Gasteiger partial charge in [-0.2, -0.15) is 0 Å². The van der Waals surface area contributed by atoms with Crippen molar-refractivity contribution in [3.63, 3.8) is 0 Å². The Morgan fingerprint density at radius 2 is 2.00 bits per heavy atom. The number of piperidine rings is 1. The molecule has 0 radical (unpaired) electrons. The summed E-state index contributed by atoms with van der Waals surface area (Å²) in [4.78, 5) is 13.8. The molecule has 2 atom stereocenters. The van der Waals surface area contributed by atoms with E-state index in [-0.39, 0.29) is 17.3 Å². The lowest BCUT2D eigenvalue weighted by Crippen LogP contribution is -2.39. The van der Waals surface area contributed by atoms with E-state index in [2.05, 4.69) is 6.92 Å². The SMILES string of the molecule is CC1CCN(C(=O)CSC(C)C(C)O)CC1. The normalized spacial score (nSPS) is 21.9. The largest absolute Gasteiger partial charge is 0.392 e. The molecule has 0 bridgehead atoms. The third kappa shape index (κ3) is 4.34. The summed E-state index contributed by atoms with van der Waals surface area (Å²) < 4.78 is 0. The van der Waals surface area contributed by atoms with Gasteiger partial charge in [-0.1, -0.05) is 13.8 Å². The van der Waals surface area contributed by atoms with Gasteiger partial charge in [-0.05, 0) is 25.7 Å². The standard InChI is InChI=1S/C12H23NO2S/c1-9-4-6-13(7-5-9)12(15)8-16-11(3)10(2)14/h9-11,14H,4-8H2,1-3H3. The highest BCUT2D eigenvalue weighted by molar-refractivity contribution is 8.00. The molecule has 1 aliphatic heterocycles. The van der Waals surface area contributed by atoms with Gasteiger partial charge in [0.2, 0.25) is 5.91 Å². The Kier molecular flexibility index (Phi) is 5.62.